The van der Waals surface area contributed by atoms with E-state index in [2.05, 4.69) is 5.32 Å². The molecule has 0 aromatic heterocycles. The molecule has 0 radical (unpaired) electrons. The molecule has 0 unspecified atom stereocenters. The number of thioether (sulfide) groups is 1. The fraction of sp³-hybridized carbons (Fsp3) is 0.118. The van der Waals surface area contributed by atoms with Crippen molar-refractivity contribution in [1.29, 1.82) is 5.26 Å². The number of amides is 1. The molecule has 0 atom stereocenters. The Kier molecular flexibility index (Phi) is 6.81. The van der Waals surface area contributed by atoms with Crippen LogP contribution in [0.4, 0.5) is 10.1 Å². The Hall–Kier alpha value is -2.56. The molecule has 0 heterocycles. The highest BCUT2D eigenvalue weighted by atomic mass is 35.5. The maximum Gasteiger partial charge on any atom is 0.316 e. The third-order valence-electron chi connectivity index (χ3n) is 2.92. The molecule has 0 bridgehead atoms. The molecule has 1 N–H and O–H groups in total. The zero-order chi connectivity index (χ0) is 18.2. The van der Waals surface area contributed by atoms with Crippen molar-refractivity contribution in [1.82, 2.24) is 0 Å². The minimum Gasteiger partial charge on any atom is -0.455 e. The molecule has 0 saturated carbocycles. The number of carbonyl (C=O) groups excluding carboxylic acids is 2. The second-order valence-electron chi connectivity index (χ2n) is 4.73. The molecule has 5 nitrogen and oxygen atoms in total. The SMILES string of the molecule is N#Cc1ccc(Cl)cc1NC(=O)COC(=O)CSc1ccccc1F. The summed E-state index contributed by atoms with van der Waals surface area (Å²) in [5.74, 6) is -1.82. The highest BCUT2D eigenvalue weighted by Gasteiger charge is 2.12. The Morgan fingerprint density at radius 2 is 2.04 bits per heavy atom. The summed E-state index contributed by atoms with van der Waals surface area (Å²) >= 11 is 6.79. The molecule has 2 aromatic rings. The summed E-state index contributed by atoms with van der Waals surface area (Å²) in [6.45, 7) is -0.520. The van der Waals surface area contributed by atoms with Crippen LogP contribution in [0.15, 0.2) is 47.4 Å². The van der Waals surface area contributed by atoms with Gasteiger partial charge in [-0.05, 0) is 30.3 Å². The van der Waals surface area contributed by atoms with Crippen molar-refractivity contribution >= 4 is 40.9 Å². The first-order valence-corrected chi connectivity index (χ1v) is 8.38. The van der Waals surface area contributed by atoms with E-state index in [1.807, 2.05) is 6.07 Å². The number of carbonyl (C=O) groups is 2. The first kappa shape index (κ1) is 18.8. The molecule has 2 rings (SSSR count). The molecule has 8 heteroatoms. The number of hydrogen-bond donors (Lipinski definition) is 1. The van der Waals surface area contributed by atoms with Crippen LogP contribution in [0.3, 0.4) is 0 Å². The lowest BCUT2D eigenvalue weighted by Crippen LogP contribution is -2.22. The van der Waals surface area contributed by atoms with E-state index >= 15 is 0 Å². The average molecular weight is 379 g/mol. The van der Waals surface area contributed by atoms with Crippen molar-refractivity contribution in [2.75, 3.05) is 17.7 Å². The van der Waals surface area contributed by atoms with Gasteiger partial charge in [0.25, 0.3) is 5.91 Å². The minimum atomic E-state index is -0.657. The van der Waals surface area contributed by atoms with Gasteiger partial charge in [-0.25, -0.2) is 4.39 Å². The van der Waals surface area contributed by atoms with Crippen LogP contribution < -0.4 is 5.32 Å². The molecule has 0 aliphatic rings. The second-order valence-corrected chi connectivity index (χ2v) is 6.18. The fourth-order valence-electron chi connectivity index (χ4n) is 1.79. The van der Waals surface area contributed by atoms with Gasteiger partial charge >= 0.3 is 5.97 Å². The Morgan fingerprint density at radius 1 is 1.28 bits per heavy atom. The van der Waals surface area contributed by atoms with E-state index in [1.165, 1.54) is 24.3 Å². The number of nitrogens with one attached hydrogen (secondary N) is 1. The zero-order valence-electron chi connectivity index (χ0n) is 12.8. The van der Waals surface area contributed by atoms with Gasteiger partial charge in [0.1, 0.15) is 11.9 Å². The highest BCUT2D eigenvalue weighted by Crippen LogP contribution is 2.22. The molecule has 1 amide bonds. The van der Waals surface area contributed by atoms with E-state index in [-0.39, 0.29) is 17.0 Å². The van der Waals surface area contributed by atoms with Crippen molar-refractivity contribution in [3.63, 3.8) is 0 Å². The first-order valence-electron chi connectivity index (χ1n) is 7.02. The molecular formula is C17H12ClFN2O3S. The van der Waals surface area contributed by atoms with Crippen LogP contribution in [0.25, 0.3) is 0 Å². The van der Waals surface area contributed by atoms with Crippen LogP contribution in [0.5, 0.6) is 0 Å². The molecule has 0 aliphatic heterocycles. The van der Waals surface area contributed by atoms with Crippen molar-refractivity contribution in [2.24, 2.45) is 0 Å². The number of nitrogens with zero attached hydrogens (tertiary/aromatic N) is 1. The molecule has 2 aromatic carbocycles. The molecule has 0 saturated heterocycles. The van der Waals surface area contributed by atoms with Gasteiger partial charge in [0.15, 0.2) is 6.61 Å². The van der Waals surface area contributed by atoms with Gasteiger partial charge in [-0.1, -0.05) is 23.7 Å². The van der Waals surface area contributed by atoms with E-state index in [1.54, 1.807) is 18.2 Å². The fourth-order valence-corrected chi connectivity index (χ4v) is 2.70. The predicted molar refractivity (Wildman–Crippen MR) is 92.9 cm³/mol. The van der Waals surface area contributed by atoms with Gasteiger partial charge in [-0.2, -0.15) is 5.26 Å². The van der Waals surface area contributed by atoms with Crippen molar-refractivity contribution in [3.8, 4) is 6.07 Å². The molecular weight excluding hydrogens is 367 g/mol. The summed E-state index contributed by atoms with van der Waals surface area (Å²) in [7, 11) is 0. The predicted octanol–water partition coefficient (Wildman–Crippen LogP) is 3.62. The lowest BCUT2D eigenvalue weighted by molar-refractivity contribution is -0.144. The van der Waals surface area contributed by atoms with E-state index in [0.717, 1.165) is 11.8 Å². The quantitative estimate of drug-likeness (QED) is 0.613. The van der Waals surface area contributed by atoms with Gasteiger partial charge < -0.3 is 10.1 Å². The summed E-state index contributed by atoms with van der Waals surface area (Å²) in [6, 6.07) is 12.4. The number of hydrogen-bond acceptors (Lipinski definition) is 5. The van der Waals surface area contributed by atoms with E-state index in [9.17, 15) is 14.0 Å². The second kappa shape index (κ2) is 9.06. The van der Waals surface area contributed by atoms with Gasteiger partial charge in [-0.3, -0.25) is 9.59 Å². The Morgan fingerprint density at radius 3 is 2.76 bits per heavy atom. The number of rotatable bonds is 6. The normalized spacial score (nSPS) is 9.96. The summed E-state index contributed by atoms with van der Waals surface area (Å²) in [6.07, 6.45) is 0. The lowest BCUT2D eigenvalue weighted by atomic mass is 10.2. The van der Waals surface area contributed by atoms with Crippen molar-refractivity contribution in [3.05, 3.63) is 58.9 Å². The van der Waals surface area contributed by atoms with Crippen molar-refractivity contribution < 1.29 is 18.7 Å². The van der Waals surface area contributed by atoms with E-state index < -0.39 is 24.3 Å². The highest BCUT2D eigenvalue weighted by molar-refractivity contribution is 8.00. The van der Waals surface area contributed by atoms with Crippen molar-refractivity contribution in [2.45, 2.75) is 4.90 Å². The average Bonchev–Trinajstić information content (AvgIpc) is 2.59. The van der Waals surface area contributed by atoms with E-state index in [4.69, 9.17) is 21.6 Å². The van der Waals surface area contributed by atoms with Gasteiger partial charge in [0.2, 0.25) is 0 Å². The topological polar surface area (TPSA) is 79.2 Å². The zero-order valence-corrected chi connectivity index (χ0v) is 14.4. The number of nitriles is 1. The number of ether oxygens (including phenoxy) is 1. The minimum absolute atomic E-state index is 0.130. The Balaban J connectivity index is 1.82. The van der Waals surface area contributed by atoms with Crippen LogP contribution >= 0.6 is 23.4 Å². The largest absolute Gasteiger partial charge is 0.455 e. The number of halogens is 2. The molecule has 0 fully saturated rings. The molecule has 128 valence electrons. The van der Waals surface area contributed by atoms with Gasteiger partial charge in [0.05, 0.1) is 17.0 Å². The lowest BCUT2D eigenvalue weighted by Gasteiger charge is -2.08. The monoisotopic (exact) mass is 378 g/mol. The third kappa shape index (κ3) is 5.78. The van der Waals surface area contributed by atoms with Crippen LogP contribution in [0.1, 0.15) is 5.56 Å². The summed E-state index contributed by atoms with van der Waals surface area (Å²) in [5, 5.41) is 11.8. The van der Waals surface area contributed by atoms with Gasteiger partial charge in [-0.15, -0.1) is 11.8 Å². The molecule has 0 spiro atoms. The number of esters is 1. The smallest absolute Gasteiger partial charge is 0.316 e. The number of benzene rings is 2. The Bertz CT molecular complexity index is 839. The van der Waals surface area contributed by atoms with Crippen LogP contribution in [-0.4, -0.2) is 24.2 Å². The van der Waals surface area contributed by atoms with Crippen LogP contribution in [-0.2, 0) is 14.3 Å². The number of anilines is 1. The third-order valence-corrected chi connectivity index (χ3v) is 4.18. The maximum atomic E-state index is 13.4. The van der Waals surface area contributed by atoms with Crippen LogP contribution in [0, 0.1) is 17.1 Å². The van der Waals surface area contributed by atoms with Crippen LogP contribution in [0.2, 0.25) is 5.02 Å². The molecule has 25 heavy (non-hydrogen) atoms. The molecule has 0 aliphatic carbocycles. The standard InChI is InChI=1S/C17H12ClFN2O3S/c18-12-6-5-11(8-20)14(7-12)21-16(22)9-24-17(23)10-25-15-4-2-1-3-13(15)19/h1-7H,9-10H2,(H,21,22). The Labute approximate surface area is 152 Å². The first-order chi connectivity index (χ1) is 12.0. The summed E-state index contributed by atoms with van der Waals surface area (Å²) < 4.78 is 18.3. The van der Waals surface area contributed by atoms with Gasteiger partial charge in [0, 0.05) is 9.92 Å². The summed E-state index contributed by atoms with van der Waals surface area (Å²) in [4.78, 5) is 23.8. The van der Waals surface area contributed by atoms with E-state index in [0.29, 0.717) is 9.92 Å². The maximum absolute atomic E-state index is 13.4. The summed E-state index contributed by atoms with van der Waals surface area (Å²) in [5.41, 5.74) is 0.468.